The lowest BCUT2D eigenvalue weighted by Crippen LogP contribution is -2.23. The molecule has 0 amide bonds. The highest BCUT2D eigenvalue weighted by Crippen LogP contribution is 2.55. The van der Waals surface area contributed by atoms with Crippen LogP contribution in [0, 0.1) is 0 Å². The fourth-order valence-corrected chi connectivity index (χ4v) is 3.80. The fourth-order valence-electron chi connectivity index (χ4n) is 3.80. The van der Waals surface area contributed by atoms with Crippen molar-refractivity contribution in [1.29, 1.82) is 0 Å². The standard InChI is InChI=1S/C18H20O/c1-17(2)12-18(3,13-8-5-4-6-9-13)16-14(17)10-7-11-15(16)19/h4-11,19H,12H2,1-3H3. The molecule has 19 heavy (non-hydrogen) atoms. The number of aromatic hydroxyl groups is 1. The maximum Gasteiger partial charge on any atom is 0.119 e. The first-order valence-corrected chi connectivity index (χ1v) is 6.84. The Morgan fingerprint density at radius 1 is 0.895 bits per heavy atom. The summed E-state index contributed by atoms with van der Waals surface area (Å²) in [7, 11) is 0. The van der Waals surface area contributed by atoms with Crippen LogP contribution in [-0.2, 0) is 10.8 Å². The molecule has 1 aliphatic carbocycles. The highest BCUT2D eigenvalue weighted by Gasteiger charge is 2.47. The molecule has 2 aromatic carbocycles. The minimum absolute atomic E-state index is 0.0959. The molecule has 3 rings (SSSR count). The van der Waals surface area contributed by atoms with E-state index < -0.39 is 0 Å². The van der Waals surface area contributed by atoms with E-state index in [0.29, 0.717) is 5.75 Å². The topological polar surface area (TPSA) is 20.2 Å². The molecule has 0 saturated carbocycles. The summed E-state index contributed by atoms with van der Waals surface area (Å²) in [6.07, 6.45) is 1.02. The predicted molar refractivity (Wildman–Crippen MR) is 78.6 cm³/mol. The third-order valence-corrected chi connectivity index (χ3v) is 4.53. The zero-order chi connectivity index (χ0) is 13.7. The predicted octanol–water partition coefficient (Wildman–Crippen LogP) is 4.38. The van der Waals surface area contributed by atoms with Crippen molar-refractivity contribution in [2.75, 3.05) is 0 Å². The van der Waals surface area contributed by atoms with Gasteiger partial charge in [0.15, 0.2) is 0 Å². The second-order valence-electron chi connectivity index (χ2n) is 6.46. The number of hydrogen-bond donors (Lipinski definition) is 1. The van der Waals surface area contributed by atoms with Gasteiger partial charge in [0.1, 0.15) is 5.75 Å². The van der Waals surface area contributed by atoms with Gasteiger partial charge in [-0.25, -0.2) is 0 Å². The molecule has 1 heteroatoms. The van der Waals surface area contributed by atoms with Crippen LogP contribution < -0.4 is 0 Å². The smallest absolute Gasteiger partial charge is 0.119 e. The highest BCUT2D eigenvalue weighted by molar-refractivity contribution is 5.57. The zero-order valence-electron chi connectivity index (χ0n) is 11.8. The van der Waals surface area contributed by atoms with Crippen LogP contribution in [0.2, 0.25) is 0 Å². The van der Waals surface area contributed by atoms with Crippen LogP contribution in [0.1, 0.15) is 43.9 Å². The normalized spacial score (nSPS) is 24.2. The summed E-state index contributed by atoms with van der Waals surface area (Å²) in [6.45, 7) is 6.77. The van der Waals surface area contributed by atoms with Gasteiger partial charge in [-0.15, -0.1) is 0 Å². The quantitative estimate of drug-likeness (QED) is 0.798. The average molecular weight is 252 g/mol. The Balaban J connectivity index is 2.28. The van der Waals surface area contributed by atoms with Crippen LogP contribution in [0.3, 0.4) is 0 Å². The Hall–Kier alpha value is -1.76. The Bertz CT molecular complexity index is 613. The van der Waals surface area contributed by atoms with Gasteiger partial charge in [-0.05, 0) is 29.0 Å². The average Bonchev–Trinajstić information content (AvgIpc) is 2.60. The SMILES string of the molecule is CC1(C)CC(C)(c2ccccc2)c2c(O)cccc21. The van der Waals surface area contributed by atoms with Gasteiger partial charge in [-0.3, -0.25) is 0 Å². The molecule has 0 aliphatic heterocycles. The van der Waals surface area contributed by atoms with E-state index in [1.165, 1.54) is 11.1 Å². The fraction of sp³-hybridized carbons (Fsp3) is 0.333. The van der Waals surface area contributed by atoms with E-state index in [9.17, 15) is 5.11 Å². The van der Waals surface area contributed by atoms with Crippen molar-refractivity contribution >= 4 is 0 Å². The molecular formula is C18H20O. The molecule has 1 atom stereocenters. The Morgan fingerprint density at radius 2 is 1.58 bits per heavy atom. The van der Waals surface area contributed by atoms with E-state index in [2.05, 4.69) is 51.1 Å². The number of benzene rings is 2. The lowest BCUT2D eigenvalue weighted by atomic mass is 9.75. The van der Waals surface area contributed by atoms with E-state index in [1.807, 2.05) is 12.1 Å². The molecule has 1 unspecified atom stereocenters. The lowest BCUT2D eigenvalue weighted by Gasteiger charge is -2.28. The van der Waals surface area contributed by atoms with Crippen LogP contribution in [0.5, 0.6) is 5.75 Å². The molecule has 0 radical (unpaired) electrons. The summed E-state index contributed by atoms with van der Waals surface area (Å²) in [4.78, 5) is 0. The summed E-state index contributed by atoms with van der Waals surface area (Å²) >= 11 is 0. The molecule has 0 aromatic heterocycles. The van der Waals surface area contributed by atoms with Crippen LogP contribution in [0.25, 0.3) is 0 Å². The van der Waals surface area contributed by atoms with Crippen molar-refractivity contribution < 1.29 is 5.11 Å². The van der Waals surface area contributed by atoms with Gasteiger partial charge in [-0.1, -0.05) is 63.2 Å². The number of phenolic OH excluding ortho intramolecular Hbond substituents is 1. The van der Waals surface area contributed by atoms with E-state index in [-0.39, 0.29) is 10.8 Å². The number of fused-ring (bicyclic) bond motifs is 1. The van der Waals surface area contributed by atoms with Crippen molar-refractivity contribution in [2.45, 2.75) is 38.0 Å². The van der Waals surface area contributed by atoms with Crippen LogP contribution in [-0.4, -0.2) is 5.11 Å². The van der Waals surface area contributed by atoms with Crippen molar-refractivity contribution in [2.24, 2.45) is 0 Å². The number of rotatable bonds is 1. The molecule has 0 bridgehead atoms. The van der Waals surface area contributed by atoms with Gasteiger partial charge >= 0.3 is 0 Å². The molecule has 0 saturated heterocycles. The van der Waals surface area contributed by atoms with Gasteiger partial charge in [0.05, 0.1) is 0 Å². The molecule has 2 aromatic rings. The van der Waals surface area contributed by atoms with Crippen LogP contribution >= 0.6 is 0 Å². The Morgan fingerprint density at radius 3 is 2.26 bits per heavy atom. The first kappa shape index (κ1) is 12.3. The lowest BCUT2D eigenvalue weighted by molar-refractivity contribution is 0.412. The minimum atomic E-state index is -0.106. The molecule has 1 aliphatic rings. The molecule has 1 nitrogen and oxygen atoms in total. The molecule has 0 fully saturated rings. The third kappa shape index (κ3) is 1.68. The maximum atomic E-state index is 10.4. The van der Waals surface area contributed by atoms with Crippen molar-refractivity contribution in [3.05, 3.63) is 65.2 Å². The van der Waals surface area contributed by atoms with E-state index >= 15 is 0 Å². The van der Waals surface area contributed by atoms with Gasteiger partial charge in [0, 0.05) is 11.0 Å². The summed E-state index contributed by atoms with van der Waals surface area (Å²) < 4.78 is 0. The summed E-state index contributed by atoms with van der Waals surface area (Å²) in [6, 6.07) is 16.4. The summed E-state index contributed by atoms with van der Waals surface area (Å²) in [5, 5.41) is 10.4. The van der Waals surface area contributed by atoms with Crippen molar-refractivity contribution in [3.63, 3.8) is 0 Å². The monoisotopic (exact) mass is 252 g/mol. The Labute approximate surface area is 114 Å². The van der Waals surface area contributed by atoms with Crippen LogP contribution in [0.15, 0.2) is 48.5 Å². The number of phenols is 1. The van der Waals surface area contributed by atoms with Gasteiger partial charge < -0.3 is 5.11 Å². The minimum Gasteiger partial charge on any atom is -0.508 e. The van der Waals surface area contributed by atoms with E-state index in [1.54, 1.807) is 6.07 Å². The van der Waals surface area contributed by atoms with E-state index in [4.69, 9.17) is 0 Å². The Kier molecular flexibility index (Phi) is 2.50. The number of hydrogen-bond acceptors (Lipinski definition) is 1. The molecule has 1 N–H and O–H groups in total. The molecule has 98 valence electrons. The van der Waals surface area contributed by atoms with E-state index in [0.717, 1.165) is 12.0 Å². The summed E-state index contributed by atoms with van der Waals surface area (Å²) in [5.41, 5.74) is 3.65. The second kappa shape index (κ2) is 3.86. The molecular weight excluding hydrogens is 232 g/mol. The third-order valence-electron chi connectivity index (χ3n) is 4.53. The molecule has 0 spiro atoms. The van der Waals surface area contributed by atoms with Gasteiger partial charge in [0.25, 0.3) is 0 Å². The highest BCUT2D eigenvalue weighted by atomic mass is 16.3. The second-order valence-corrected chi connectivity index (χ2v) is 6.46. The van der Waals surface area contributed by atoms with Crippen molar-refractivity contribution in [3.8, 4) is 5.75 Å². The zero-order valence-corrected chi connectivity index (χ0v) is 11.8. The van der Waals surface area contributed by atoms with Crippen LogP contribution in [0.4, 0.5) is 0 Å². The molecule has 0 heterocycles. The maximum absolute atomic E-state index is 10.4. The van der Waals surface area contributed by atoms with Crippen molar-refractivity contribution in [1.82, 2.24) is 0 Å². The first-order chi connectivity index (χ1) is 8.95. The first-order valence-electron chi connectivity index (χ1n) is 6.84. The largest absolute Gasteiger partial charge is 0.508 e. The summed E-state index contributed by atoms with van der Waals surface area (Å²) in [5.74, 6) is 0.425. The van der Waals surface area contributed by atoms with Gasteiger partial charge in [-0.2, -0.15) is 0 Å². The van der Waals surface area contributed by atoms with Gasteiger partial charge in [0.2, 0.25) is 0 Å².